The summed E-state index contributed by atoms with van der Waals surface area (Å²) in [6.45, 7) is 5.26. The van der Waals surface area contributed by atoms with E-state index >= 15 is 0 Å². The highest BCUT2D eigenvalue weighted by atomic mass is 16.6. The van der Waals surface area contributed by atoms with Crippen LogP contribution in [-0.4, -0.2) is 41.3 Å². The van der Waals surface area contributed by atoms with Crippen molar-refractivity contribution in [1.29, 1.82) is 0 Å². The quantitative estimate of drug-likeness (QED) is 0.574. The van der Waals surface area contributed by atoms with Crippen molar-refractivity contribution in [1.82, 2.24) is 4.90 Å². The van der Waals surface area contributed by atoms with E-state index in [1.165, 1.54) is 12.1 Å². The first kappa shape index (κ1) is 20.3. The number of hydrogen-bond acceptors (Lipinski definition) is 5. The summed E-state index contributed by atoms with van der Waals surface area (Å²) in [7, 11) is 0. The second-order valence-corrected chi connectivity index (χ2v) is 7.19. The molecule has 1 aliphatic rings. The fourth-order valence-electron chi connectivity index (χ4n) is 3.33. The van der Waals surface area contributed by atoms with E-state index in [1.54, 1.807) is 25.1 Å². The Morgan fingerprint density at radius 1 is 1.03 bits per heavy atom. The van der Waals surface area contributed by atoms with Crippen LogP contribution in [0.25, 0.3) is 0 Å². The minimum Gasteiger partial charge on any atom is -0.376 e. The molecule has 1 aliphatic heterocycles. The van der Waals surface area contributed by atoms with Crippen LogP contribution >= 0.6 is 0 Å². The molecule has 8 nitrogen and oxygen atoms in total. The Balaban J connectivity index is 1.61. The molecule has 2 N–H and O–H groups in total. The number of likely N-dealkylation sites (tertiary alicyclic amines) is 1. The number of benzene rings is 2. The molecule has 2 aromatic carbocycles. The Hall–Kier alpha value is -3.42. The van der Waals surface area contributed by atoms with Crippen LogP contribution in [0, 0.1) is 24.0 Å². The van der Waals surface area contributed by atoms with Crippen LogP contribution in [0.5, 0.6) is 0 Å². The fraction of sp³-hybridized carbons (Fsp3) is 0.333. The second kappa shape index (κ2) is 8.72. The number of carbonyl (C=O) groups is 2. The molecule has 0 aromatic heterocycles. The molecule has 0 atom stereocenters. The lowest BCUT2D eigenvalue weighted by Gasteiger charge is -2.17. The number of aryl methyl sites for hydroxylation is 2. The van der Waals surface area contributed by atoms with Crippen LogP contribution in [0.1, 0.15) is 34.3 Å². The average molecular weight is 396 g/mol. The van der Waals surface area contributed by atoms with Crippen molar-refractivity contribution < 1.29 is 14.5 Å². The summed E-state index contributed by atoms with van der Waals surface area (Å²) in [6.07, 6.45) is 2.09. The van der Waals surface area contributed by atoms with Crippen molar-refractivity contribution in [3.05, 3.63) is 63.2 Å². The molecule has 0 aliphatic carbocycles. The number of rotatable bonds is 6. The van der Waals surface area contributed by atoms with Gasteiger partial charge in [0.2, 0.25) is 5.91 Å². The molecule has 0 spiro atoms. The van der Waals surface area contributed by atoms with E-state index in [0.717, 1.165) is 42.7 Å². The first-order valence-electron chi connectivity index (χ1n) is 9.54. The first-order chi connectivity index (χ1) is 13.8. The van der Waals surface area contributed by atoms with Gasteiger partial charge in [0.15, 0.2) is 0 Å². The highest BCUT2D eigenvalue weighted by molar-refractivity contribution is 5.96. The van der Waals surface area contributed by atoms with Crippen LogP contribution < -0.4 is 10.6 Å². The molecule has 1 saturated heterocycles. The number of amides is 2. The van der Waals surface area contributed by atoms with E-state index in [2.05, 4.69) is 10.6 Å². The van der Waals surface area contributed by atoms with Gasteiger partial charge in [0.25, 0.3) is 11.6 Å². The summed E-state index contributed by atoms with van der Waals surface area (Å²) in [5.74, 6) is -0.277. The number of hydrogen-bond donors (Lipinski definition) is 2. The van der Waals surface area contributed by atoms with Crippen LogP contribution in [-0.2, 0) is 4.79 Å². The van der Waals surface area contributed by atoms with Crippen LogP contribution in [0.15, 0.2) is 36.4 Å². The molecule has 1 heterocycles. The largest absolute Gasteiger partial charge is 0.376 e. The van der Waals surface area contributed by atoms with E-state index in [0.29, 0.717) is 11.3 Å². The van der Waals surface area contributed by atoms with Gasteiger partial charge in [0, 0.05) is 36.5 Å². The third-order valence-corrected chi connectivity index (χ3v) is 5.01. The van der Waals surface area contributed by atoms with Gasteiger partial charge in [-0.1, -0.05) is 6.07 Å². The number of non-ortho nitro benzene ring substituents is 1. The van der Waals surface area contributed by atoms with Crippen LogP contribution in [0.3, 0.4) is 0 Å². The first-order valence-corrected chi connectivity index (χ1v) is 9.54. The standard InChI is InChI=1S/C21H24N4O4/c1-14-5-7-17(25(28)29)12-19(14)23-20(26)13-22-18-8-6-16(11-15(18)2)21(27)24-9-3-4-10-24/h5-8,11-12,22H,3-4,9-10,13H2,1-2H3,(H,23,26). The van der Waals surface area contributed by atoms with Crippen molar-refractivity contribution in [2.45, 2.75) is 26.7 Å². The van der Waals surface area contributed by atoms with Gasteiger partial charge < -0.3 is 15.5 Å². The molecule has 0 bridgehead atoms. The van der Waals surface area contributed by atoms with Crippen molar-refractivity contribution in [3.8, 4) is 0 Å². The van der Waals surface area contributed by atoms with Gasteiger partial charge in [-0.3, -0.25) is 19.7 Å². The van der Waals surface area contributed by atoms with Gasteiger partial charge in [-0.2, -0.15) is 0 Å². The molecular weight excluding hydrogens is 372 g/mol. The molecule has 152 valence electrons. The highest BCUT2D eigenvalue weighted by Gasteiger charge is 2.20. The molecule has 0 unspecified atom stereocenters. The number of carbonyl (C=O) groups excluding carboxylic acids is 2. The zero-order valence-corrected chi connectivity index (χ0v) is 16.5. The predicted octanol–water partition coefficient (Wildman–Crippen LogP) is 3.50. The molecule has 0 radical (unpaired) electrons. The summed E-state index contributed by atoms with van der Waals surface area (Å²) in [6, 6.07) is 9.73. The van der Waals surface area contributed by atoms with E-state index in [9.17, 15) is 19.7 Å². The van der Waals surface area contributed by atoms with Crippen LogP contribution in [0.2, 0.25) is 0 Å². The van der Waals surface area contributed by atoms with E-state index < -0.39 is 4.92 Å². The minimum atomic E-state index is -0.498. The van der Waals surface area contributed by atoms with Crippen molar-refractivity contribution >= 4 is 28.9 Å². The average Bonchev–Trinajstić information content (AvgIpc) is 3.22. The SMILES string of the molecule is Cc1cc(C(=O)N2CCCC2)ccc1NCC(=O)Nc1cc([N+](=O)[O-])ccc1C. The molecule has 8 heteroatoms. The molecule has 1 fully saturated rings. The number of nitro benzene ring substituents is 1. The zero-order valence-electron chi connectivity index (χ0n) is 16.5. The summed E-state index contributed by atoms with van der Waals surface area (Å²) in [4.78, 5) is 37.0. The third kappa shape index (κ3) is 4.90. The Kier molecular flexibility index (Phi) is 6.11. The summed E-state index contributed by atoms with van der Waals surface area (Å²) in [5, 5.41) is 16.7. The lowest BCUT2D eigenvalue weighted by Crippen LogP contribution is -2.27. The Bertz CT molecular complexity index is 952. The monoisotopic (exact) mass is 396 g/mol. The molecule has 0 saturated carbocycles. The predicted molar refractivity (Wildman–Crippen MR) is 111 cm³/mol. The lowest BCUT2D eigenvalue weighted by atomic mass is 10.1. The number of nitrogens with zero attached hydrogens (tertiary/aromatic N) is 2. The zero-order chi connectivity index (χ0) is 21.0. The van der Waals surface area contributed by atoms with Gasteiger partial charge in [0.05, 0.1) is 17.2 Å². The topological polar surface area (TPSA) is 105 Å². The van der Waals surface area contributed by atoms with Gasteiger partial charge in [0.1, 0.15) is 0 Å². The van der Waals surface area contributed by atoms with Crippen molar-refractivity contribution in [2.75, 3.05) is 30.3 Å². The minimum absolute atomic E-state index is 0.00237. The van der Waals surface area contributed by atoms with Gasteiger partial charge in [-0.15, -0.1) is 0 Å². The maximum Gasteiger partial charge on any atom is 0.271 e. The fourth-order valence-corrected chi connectivity index (χ4v) is 3.33. The van der Waals surface area contributed by atoms with Gasteiger partial charge >= 0.3 is 0 Å². The second-order valence-electron chi connectivity index (χ2n) is 7.19. The summed E-state index contributed by atoms with van der Waals surface area (Å²) < 4.78 is 0. The third-order valence-electron chi connectivity index (χ3n) is 5.01. The van der Waals surface area contributed by atoms with Gasteiger partial charge in [-0.25, -0.2) is 0 Å². The normalized spacial score (nSPS) is 13.2. The van der Waals surface area contributed by atoms with Crippen molar-refractivity contribution in [2.24, 2.45) is 0 Å². The van der Waals surface area contributed by atoms with E-state index in [4.69, 9.17) is 0 Å². The highest BCUT2D eigenvalue weighted by Crippen LogP contribution is 2.22. The maximum absolute atomic E-state index is 12.5. The van der Waals surface area contributed by atoms with Crippen LogP contribution in [0.4, 0.5) is 17.1 Å². The number of anilines is 2. The maximum atomic E-state index is 12.5. The smallest absolute Gasteiger partial charge is 0.271 e. The summed E-state index contributed by atoms with van der Waals surface area (Å²) in [5.41, 5.74) is 3.35. The van der Waals surface area contributed by atoms with Gasteiger partial charge in [-0.05, 0) is 56.0 Å². The molecule has 29 heavy (non-hydrogen) atoms. The Labute approximate surface area is 169 Å². The summed E-state index contributed by atoms with van der Waals surface area (Å²) >= 11 is 0. The Morgan fingerprint density at radius 2 is 1.76 bits per heavy atom. The number of nitrogens with one attached hydrogen (secondary N) is 2. The lowest BCUT2D eigenvalue weighted by molar-refractivity contribution is -0.384. The Morgan fingerprint density at radius 3 is 2.41 bits per heavy atom. The molecular formula is C21H24N4O4. The van der Waals surface area contributed by atoms with E-state index in [-0.39, 0.29) is 24.0 Å². The molecule has 2 aromatic rings. The number of nitro groups is 1. The van der Waals surface area contributed by atoms with Crippen molar-refractivity contribution in [3.63, 3.8) is 0 Å². The molecule has 2 amide bonds. The molecule has 3 rings (SSSR count). The van der Waals surface area contributed by atoms with E-state index in [1.807, 2.05) is 17.9 Å².